The molecular formula is C11H12BrNO4. The second kappa shape index (κ2) is 5.37. The first-order chi connectivity index (χ1) is 8.20. The Kier molecular flexibility index (Phi) is 3.86. The van der Waals surface area contributed by atoms with Gasteiger partial charge < -0.3 is 19.5 Å². The number of carbonyl (C=O) groups is 1. The van der Waals surface area contributed by atoms with Crippen LogP contribution in [0.5, 0.6) is 11.5 Å². The topological polar surface area (TPSA) is 56.8 Å². The number of hydrogen-bond acceptors (Lipinski definition) is 4. The zero-order valence-corrected chi connectivity index (χ0v) is 10.9. The predicted molar refractivity (Wildman–Crippen MR) is 65.6 cm³/mol. The van der Waals surface area contributed by atoms with Crippen LogP contribution in [0, 0.1) is 0 Å². The van der Waals surface area contributed by atoms with Crippen LogP contribution in [0.4, 0.5) is 5.69 Å². The molecule has 1 aliphatic rings. The van der Waals surface area contributed by atoms with Crippen LogP contribution >= 0.6 is 15.9 Å². The first-order valence-electron chi connectivity index (χ1n) is 5.08. The number of fused-ring (bicyclic) bond motifs is 1. The molecule has 5 nitrogen and oxygen atoms in total. The number of methoxy groups -OCH3 is 1. The molecule has 0 aromatic heterocycles. The van der Waals surface area contributed by atoms with Gasteiger partial charge >= 0.3 is 0 Å². The third-order valence-corrected chi connectivity index (χ3v) is 2.84. The molecule has 1 aromatic carbocycles. The molecule has 17 heavy (non-hydrogen) atoms. The lowest BCUT2D eigenvalue weighted by molar-refractivity contribution is -0.119. The van der Waals surface area contributed by atoms with Crippen molar-refractivity contribution in [3.8, 4) is 11.5 Å². The summed E-state index contributed by atoms with van der Waals surface area (Å²) in [4.78, 5) is 11.4. The van der Waals surface area contributed by atoms with Gasteiger partial charge in [-0.05, 0) is 15.9 Å². The van der Waals surface area contributed by atoms with E-state index in [4.69, 9.17) is 14.2 Å². The Balaban J connectivity index is 2.19. The summed E-state index contributed by atoms with van der Waals surface area (Å²) in [5.74, 6) is 1.09. The number of benzene rings is 1. The van der Waals surface area contributed by atoms with Gasteiger partial charge in [-0.15, -0.1) is 0 Å². The molecule has 1 amide bonds. The number of ether oxygens (including phenoxy) is 3. The van der Waals surface area contributed by atoms with Crippen molar-refractivity contribution in [2.45, 2.75) is 0 Å². The highest BCUT2D eigenvalue weighted by Gasteiger charge is 2.15. The van der Waals surface area contributed by atoms with Crippen molar-refractivity contribution in [1.82, 2.24) is 0 Å². The van der Waals surface area contributed by atoms with Crippen LogP contribution in [0.2, 0.25) is 0 Å². The summed E-state index contributed by atoms with van der Waals surface area (Å²) in [5.41, 5.74) is 0.635. The fourth-order valence-electron chi connectivity index (χ4n) is 1.48. The van der Waals surface area contributed by atoms with Crippen LogP contribution in [-0.4, -0.2) is 32.8 Å². The van der Waals surface area contributed by atoms with Gasteiger partial charge in [-0.25, -0.2) is 0 Å². The van der Waals surface area contributed by atoms with Crippen molar-refractivity contribution in [1.29, 1.82) is 0 Å². The molecule has 0 spiro atoms. The molecule has 0 saturated heterocycles. The van der Waals surface area contributed by atoms with Crippen LogP contribution in [-0.2, 0) is 9.53 Å². The molecule has 1 heterocycles. The summed E-state index contributed by atoms with van der Waals surface area (Å²) in [5, 5.41) is 2.71. The molecule has 0 unspecified atom stereocenters. The number of rotatable bonds is 3. The summed E-state index contributed by atoms with van der Waals surface area (Å²) in [6.07, 6.45) is 0. The molecule has 0 saturated carbocycles. The number of hydrogen-bond donors (Lipinski definition) is 1. The first-order valence-corrected chi connectivity index (χ1v) is 5.88. The third-order valence-electron chi connectivity index (χ3n) is 2.18. The van der Waals surface area contributed by atoms with Crippen molar-refractivity contribution >= 4 is 27.5 Å². The lowest BCUT2D eigenvalue weighted by atomic mass is 10.2. The van der Waals surface area contributed by atoms with Crippen molar-refractivity contribution in [2.75, 3.05) is 32.2 Å². The van der Waals surface area contributed by atoms with Gasteiger partial charge in [0.05, 0.1) is 5.69 Å². The molecule has 1 N–H and O–H groups in total. The minimum absolute atomic E-state index is 0.0148. The van der Waals surface area contributed by atoms with Crippen LogP contribution in [0.25, 0.3) is 0 Å². The normalized spacial score (nSPS) is 13.3. The average molecular weight is 302 g/mol. The van der Waals surface area contributed by atoms with Gasteiger partial charge in [0.25, 0.3) is 0 Å². The highest BCUT2D eigenvalue weighted by molar-refractivity contribution is 9.10. The molecule has 92 valence electrons. The molecule has 6 heteroatoms. The maximum atomic E-state index is 11.4. The Bertz CT molecular complexity index is 436. The minimum atomic E-state index is -0.218. The zero-order valence-electron chi connectivity index (χ0n) is 9.29. The molecule has 0 bridgehead atoms. The number of carbonyl (C=O) groups excluding carboxylic acids is 1. The Labute approximate surface area is 107 Å². The smallest absolute Gasteiger partial charge is 0.250 e. The highest BCUT2D eigenvalue weighted by atomic mass is 79.9. The first kappa shape index (κ1) is 12.2. The number of halogens is 1. The second-order valence-electron chi connectivity index (χ2n) is 3.46. The molecule has 1 aliphatic heterocycles. The molecule has 0 aliphatic carbocycles. The van der Waals surface area contributed by atoms with Gasteiger partial charge in [-0.3, -0.25) is 4.79 Å². The Hall–Kier alpha value is -1.27. The molecular weight excluding hydrogens is 290 g/mol. The van der Waals surface area contributed by atoms with Crippen molar-refractivity contribution in [3.05, 3.63) is 16.6 Å². The summed E-state index contributed by atoms with van der Waals surface area (Å²) in [7, 11) is 1.47. The Morgan fingerprint density at radius 2 is 2.06 bits per heavy atom. The van der Waals surface area contributed by atoms with Gasteiger partial charge in [0.2, 0.25) is 5.91 Å². The minimum Gasteiger partial charge on any atom is -0.486 e. The van der Waals surface area contributed by atoms with E-state index >= 15 is 0 Å². The lowest BCUT2D eigenvalue weighted by Crippen LogP contribution is -2.19. The van der Waals surface area contributed by atoms with E-state index in [1.54, 1.807) is 12.1 Å². The summed E-state index contributed by atoms with van der Waals surface area (Å²) in [6.45, 7) is 1.07. The van der Waals surface area contributed by atoms with E-state index in [1.165, 1.54) is 7.11 Å². The van der Waals surface area contributed by atoms with E-state index in [-0.39, 0.29) is 12.5 Å². The molecule has 2 rings (SSSR count). The van der Waals surface area contributed by atoms with Crippen LogP contribution in [0.3, 0.4) is 0 Å². The van der Waals surface area contributed by atoms with Gasteiger partial charge in [-0.2, -0.15) is 0 Å². The van der Waals surface area contributed by atoms with Gasteiger partial charge in [0, 0.05) is 23.7 Å². The van der Waals surface area contributed by atoms with Gasteiger partial charge in [0.1, 0.15) is 19.8 Å². The Morgan fingerprint density at radius 3 is 2.71 bits per heavy atom. The summed E-state index contributed by atoms with van der Waals surface area (Å²) < 4.78 is 16.3. The van der Waals surface area contributed by atoms with Gasteiger partial charge in [-0.1, -0.05) is 0 Å². The van der Waals surface area contributed by atoms with E-state index < -0.39 is 0 Å². The lowest BCUT2D eigenvalue weighted by Gasteiger charge is -2.20. The van der Waals surface area contributed by atoms with Crippen LogP contribution in [0.15, 0.2) is 16.6 Å². The fraction of sp³-hybridized carbons (Fsp3) is 0.364. The standard InChI is InChI=1S/C11H12BrNO4/c1-15-6-11(14)13-8-5-10-9(4-7(8)12)16-2-3-17-10/h4-5H,2-3,6H2,1H3,(H,13,14). The maximum Gasteiger partial charge on any atom is 0.250 e. The number of anilines is 1. The van der Waals surface area contributed by atoms with Gasteiger partial charge in [0.15, 0.2) is 11.5 Å². The maximum absolute atomic E-state index is 11.4. The quantitative estimate of drug-likeness (QED) is 0.925. The average Bonchev–Trinajstić information content (AvgIpc) is 2.30. The predicted octanol–water partition coefficient (Wildman–Crippen LogP) is 1.81. The largest absolute Gasteiger partial charge is 0.486 e. The highest BCUT2D eigenvalue weighted by Crippen LogP contribution is 2.38. The molecule has 0 radical (unpaired) electrons. The van der Waals surface area contributed by atoms with Crippen LogP contribution < -0.4 is 14.8 Å². The van der Waals surface area contributed by atoms with Crippen LogP contribution in [0.1, 0.15) is 0 Å². The fourth-order valence-corrected chi connectivity index (χ4v) is 1.90. The summed E-state index contributed by atoms with van der Waals surface area (Å²) in [6, 6.07) is 3.50. The number of nitrogens with one attached hydrogen (secondary N) is 1. The zero-order chi connectivity index (χ0) is 12.3. The molecule has 0 fully saturated rings. The Morgan fingerprint density at radius 1 is 1.41 bits per heavy atom. The molecule has 0 atom stereocenters. The van der Waals surface area contributed by atoms with Crippen molar-refractivity contribution in [3.63, 3.8) is 0 Å². The van der Waals surface area contributed by atoms with E-state index in [0.717, 1.165) is 4.47 Å². The van der Waals surface area contributed by atoms with E-state index in [0.29, 0.717) is 30.4 Å². The monoisotopic (exact) mass is 301 g/mol. The second-order valence-corrected chi connectivity index (χ2v) is 4.31. The third kappa shape index (κ3) is 2.89. The SMILES string of the molecule is COCC(=O)Nc1cc2c(cc1Br)OCCO2. The number of amides is 1. The summed E-state index contributed by atoms with van der Waals surface area (Å²) >= 11 is 3.36. The van der Waals surface area contributed by atoms with Crippen molar-refractivity contribution < 1.29 is 19.0 Å². The molecule has 1 aromatic rings. The van der Waals surface area contributed by atoms with E-state index in [1.807, 2.05) is 0 Å². The van der Waals surface area contributed by atoms with E-state index in [2.05, 4.69) is 21.2 Å². The van der Waals surface area contributed by atoms with E-state index in [9.17, 15) is 4.79 Å². The van der Waals surface area contributed by atoms with Crippen molar-refractivity contribution in [2.24, 2.45) is 0 Å².